The minimum atomic E-state index is 0.0409. The van der Waals surface area contributed by atoms with Crippen LogP contribution in [0.5, 0.6) is 0 Å². The molecule has 4 heteroatoms. The number of carbonyl (C=O) groups excluding carboxylic acids is 1. The van der Waals surface area contributed by atoms with E-state index in [-0.39, 0.29) is 12.4 Å². The third-order valence-electron chi connectivity index (χ3n) is 2.72. The van der Waals surface area contributed by atoms with E-state index in [4.69, 9.17) is 5.11 Å². The molecule has 0 fully saturated rings. The second kappa shape index (κ2) is 5.59. The van der Waals surface area contributed by atoms with Crippen LogP contribution in [0.4, 0.5) is 0 Å². The van der Waals surface area contributed by atoms with E-state index in [0.29, 0.717) is 12.2 Å². The first kappa shape index (κ1) is 11.8. The number of ketones is 1. The minimum absolute atomic E-state index is 0.0409. The van der Waals surface area contributed by atoms with Gasteiger partial charge >= 0.3 is 0 Å². The summed E-state index contributed by atoms with van der Waals surface area (Å²) in [5.74, 6) is 0.481. The van der Waals surface area contributed by atoms with Crippen molar-refractivity contribution < 1.29 is 9.90 Å². The number of fused-ring (bicyclic) bond motifs is 1. The predicted octanol–water partition coefficient (Wildman–Crippen LogP) is 2.30. The Balaban J connectivity index is 1.99. The molecule has 0 aliphatic rings. The summed E-state index contributed by atoms with van der Waals surface area (Å²) in [4.78, 5) is 19.1. The van der Waals surface area contributed by atoms with Crippen molar-refractivity contribution in [2.45, 2.75) is 25.7 Å². The van der Waals surface area contributed by atoms with E-state index >= 15 is 0 Å². The normalized spacial score (nSPS) is 10.9. The van der Waals surface area contributed by atoms with Crippen molar-refractivity contribution in [3.63, 3.8) is 0 Å². The lowest BCUT2D eigenvalue weighted by Gasteiger charge is -1.96. The molecule has 0 bridgehead atoms. The van der Waals surface area contributed by atoms with Crippen molar-refractivity contribution in [3.05, 3.63) is 30.1 Å². The van der Waals surface area contributed by atoms with Crippen LogP contribution in [0.15, 0.2) is 24.3 Å². The number of nitrogens with one attached hydrogen (secondary N) is 1. The number of hydrogen-bond donors (Lipinski definition) is 2. The second-order valence-electron chi connectivity index (χ2n) is 4.06. The Morgan fingerprint density at radius 3 is 2.82 bits per heavy atom. The van der Waals surface area contributed by atoms with Gasteiger partial charge in [0.15, 0.2) is 11.6 Å². The number of imidazole rings is 1. The Kier molecular flexibility index (Phi) is 3.88. The van der Waals surface area contributed by atoms with Crippen LogP contribution in [0.1, 0.15) is 36.3 Å². The molecule has 0 spiro atoms. The maximum Gasteiger partial charge on any atom is 0.198 e. The highest BCUT2D eigenvalue weighted by Gasteiger charge is 2.10. The van der Waals surface area contributed by atoms with Crippen molar-refractivity contribution in [1.29, 1.82) is 0 Å². The molecular weight excluding hydrogens is 216 g/mol. The second-order valence-corrected chi connectivity index (χ2v) is 4.06. The van der Waals surface area contributed by atoms with Crippen LogP contribution in [-0.2, 0) is 0 Å². The van der Waals surface area contributed by atoms with E-state index in [2.05, 4.69) is 9.97 Å². The molecular formula is C13H16N2O2. The van der Waals surface area contributed by atoms with Gasteiger partial charge in [-0.05, 0) is 25.0 Å². The number of aromatic amines is 1. The fourth-order valence-corrected chi connectivity index (χ4v) is 1.78. The zero-order valence-corrected chi connectivity index (χ0v) is 9.65. The molecule has 0 radical (unpaired) electrons. The molecule has 4 nitrogen and oxygen atoms in total. The largest absolute Gasteiger partial charge is 0.396 e. The Morgan fingerprint density at radius 2 is 2.06 bits per heavy atom. The van der Waals surface area contributed by atoms with Gasteiger partial charge in [0.1, 0.15) is 0 Å². The number of nitrogens with zero attached hydrogens (tertiary/aromatic N) is 1. The van der Waals surface area contributed by atoms with Gasteiger partial charge in [0, 0.05) is 13.0 Å². The Labute approximate surface area is 99.7 Å². The lowest BCUT2D eigenvalue weighted by Crippen LogP contribution is -2.01. The third kappa shape index (κ3) is 2.91. The molecule has 0 aliphatic carbocycles. The molecule has 0 atom stereocenters. The number of unbranched alkanes of at least 4 members (excludes halogenated alkanes) is 2. The van der Waals surface area contributed by atoms with Crippen LogP contribution in [0.3, 0.4) is 0 Å². The molecule has 0 aliphatic heterocycles. The van der Waals surface area contributed by atoms with E-state index in [1.54, 1.807) is 0 Å². The van der Waals surface area contributed by atoms with Crippen molar-refractivity contribution in [2.24, 2.45) is 0 Å². The van der Waals surface area contributed by atoms with Gasteiger partial charge < -0.3 is 10.1 Å². The molecule has 0 unspecified atom stereocenters. The number of para-hydroxylation sites is 2. The molecule has 0 saturated carbocycles. The first-order chi connectivity index (χ1) is 8.31. The van der Waals surface area contributed by atoms with Crippen LogP contribution >= 0.6 is 0 Å². The number of Topliss-reactive ketones (excluding diaryl/α,β-unsaturated/α-hetero) is 1. The monoisotopic (exact) mass is 232 g/mol. The van der Waals surface area contributed by atoms with Crippen molar-refractivity contribution in [3.8, 4) is 0 Å². The van der Waals surface area contributed by atoms with Gasteiger partial charge in [-0.2, -0.15) is 0 Å². The van der Waals surface area contributed by atoms with Crippen LogP contribution in [0.2, 0.25) is 0 Å². The predicted molar refractivity (Wildman–Crippen MR) is 66.0 cm³/mol. The molecule has 2 rings (SSSR count). The fourth-order valence-electron chi connectivity index (χ4n) is 1.78. The number of hydrogen-bond acceptors (Lipinski definition) is 3. The van der Waals surface area contributed by atoms with E-state index < -0.39 is 0 Å². The zero-order valence-electron chi connectivity index (χ0n) is 9.65. The molecule has 0 saturated heterocycles. The molecule has 1 heterocycles. The highest BCUT2D eigenvalue weighted by molar-refractivity contribution is 5.95. The number of rotatable bonds is 6. The number of aromatic nitrogens is 2. The first-order valence-corrected chi connectivity index (χ1v) is 5.90. The van der Waals surface area contributed by atoms with Crippen LogP contribution in [0.25, 0.3) is 11.0 Å². The molecule has 2 N–H and O–H groups in total. The lowest BCUT2D eigenvalue weighted by atomic mass is 10.1. The minimum Gasteiger partial charge on any atom is -0.396 e. The summed E-state index contributed by atoms with van der Waals surface area (Å²) < 4.78 is 0. The van der Waals surface area contributed by atoms with Gasteiger partial charge in [-0.1, -0.05) is 18.6 Å². The standard InChI is InChI=1S/C13H16N2O2/c16-9-5-1-2-8-12(17)13-14-10-6-3-4-7-11(10)15-13/h3-4,6-7,16H,1-2,5,8-9H2,(H,14,15). The highest BCUT2D eigenvalue weighted by atomic mass is 16.2. The summed E-state index contributed by atoms with van der Waals surface area (Å²) in [6.45, 7) is 0.193. The van der Waals surface area contributed by atoms with E-state index in [9.17, 15) is 4.79 Å². The number of carbonyl (C=O) groups is 1. The molecule has 17 heavy (non-hydrogen) atoms. The fraction of sp³-hybridized carbons (Fsp3) is 0.385. The number of H-pyrrole nitrogens is 1. The third-order valence-corrected chi connectivity index (χ3v) is 2.72. The summed E-state index contributed by atoms with van der Waals surface area (Å²) in [7, 11) is 0. The average molecular weight is 232 g/mol. The van der Waals surface area contributed by atoms with Gasteiger partial charge in [-0.15, -0.1) is 0 Å². The van der Waals surface area contributed by atoms with Crippen molar-refractivity contribution >= 4 is 16.8 Å². The Morgan fingerprint density at radius 1 is 1.24 bits per heavy atom. The average Bonchev–Trinajstić information content (AvgIpc) is 2.78. The van der Waals surface area contributed by atoms with E-state index in [1.165, 1.54) is 0 Å². The Bertz CT molecular complexity index is 472. The molecule has 2 aromatic rings. The maximum absolute atomic E-state index is 11.8. The SMILES string of the molecule is O=C(CCCCCO)c1nc2ccccc2[nH]1. The quantitative estimate of drug-likeness (QED) is 0.593. The van der Waals surface area contributed by atoms with Crippen LogP contribution < -0.4 is 0 Å². The summed E-state index contributed by atoms with van der Waals surface area (Å²) in [6, 6.07) is 7.61. The van der Waals surface area contributed by atoms with Crippen molar-refractivity contribution in [1.82, 2.24) is 9.97 Å². The smallest absolute Gasteiger partial charge is 0.198 e. The molecule has 90 valence electrons. The maximum atomic E-state index is 11.8. The first-order valence-electron chi connectivity index (χ1n) is 5.90. The van der Waals surface area contributed by atoms with Crippen LogP contribution in [-0.4, -0.2) is 27.5 Å². The van der Waals surface area contributed by atoms with E-state index in [1.807, 2.05) is 24.3 Å². The molecule has 1 aromatic heterocycles. The summed E-state index contributed by atoms with van der Waals surface area (Å²) >= 11 is 0. The number of benzene rings is 1. The van der Waals surface area contributed by atoms with Gasteiger partial charge in [-0.25, -0.2) is 4.98 Å². The Hall–Kier alpha value is -1.68. The van der Waals surface area contributed by atoms with Gasteiger partial charge in [0.25, 0.3) is 0 Å². The molecule has 0 amide bonds. The number of aliphatic hydroxyl groups excluding tert-OH is 1. The summed E-state index contributed by atoms with van der Waals surface area (Å²) in [5, 5.41) is 8.64. The van der Waals surface area contributed by atoms with Crippen molar-refractivity contribution in [2.75, 3.05) is 6.61 Å². The zero-order chi connectivity index (χ0) is 12.1. The summed E-state index contributed by atoms with van der Waals surface area (Å²) in [6.07, 6.45) is 2.92. The van der Waals surface area contributed by atoms with Gasteiger partial charge in [0.2, 0.25) is 0 Å². The van der Waals surface area contributed by atoms with E-state index in [0.717, 1.165) is 30.3 Å². The highest BCUT2D eigenvalue weighted by Crippen LogP contribution is 2.12. The van der Waals surface area contributed by atoms with Crippen LogP contribution in [0, 0.1) is 0 Å². The summed E-state index contributed by atoms with van der Waals surface area (Å²) in [5.41, 5.74) is 1.72. The topological polar surface area (TPSA) is 66.0 Å². The van der Waals surface area contributed by atoms with Gasteiger partial charge in [-0.3, -0.25) is 4.79 Å². The number of aliphatic hydroxyl groups is 1. The van der Waals surface area contributed by atoms with Gasteiger partial charge in [0.05, 0.1) is 11.0 Å². The molecule has 1 aromatic carbocycles. The lowest BCUT2D eigenvalue weighted by molar-refractivity contribution is 0.0969.